The number of amides is 2. The topological polar surface area (TPSA) is 93.9 Å². The number of fused-ring (bicyclic) bond motifs is 1. The molecule has 1 unspecified atom stereocenters. The van der Waals surface area contributed by atoms with Gasteiger partial charge in [-0.1, -0.05) is 6.07 Å². The van der Waals surface area contributed by atoms with Crippen molar-refractivity contribution in [3.05, 3.63) is 18.2 Å². The first-order valence-electron chi connectivity index (χ1n) is 5.58. The maximum Gasteiger partial charge on any atom is 0.311 e. The van der Waals surface area contributed by atoms with Crippen molar-refractivity contribution in [1.82, 2.24) is 10.5 Å². The van der Waals surface area contributed by atoms with Gasteiger partial charge < -0.3 is 15.4 Å². The number of hydroxylamine groups is 2. The summed E-state index contributed by atoms with van der Waals surface area (Å²) in [5.74, 6) is -3.87. The summed E-state index contributed by atoms with van der Waals surface area (Å²) in [6.45, 7) is 0. The number of anilines is 1. The number of imide groups is 1. The summed E-state index contributed by atoms with van der Waals surface area (Å²) in [6.07, 6.45) is -0.497. The number of piperidine rings is 1. The molecule has 3 N–H and O–H groups in total. The lowest BCUT2D eigenvalue weighted by Crippen LogP contribution is -2.61. The van der Waals surface area contributed by atoms with E-state index in [1.165, 1.54) is 6.07 Å². The van der Waals surface area contributed by atoms with E-state index in [2.05, 4.69) is 0 Å². The van der Waals surface area contributed by atoms with Crippen molar-refractivity contribution in [2.45, 2.75) is 18.6 Å². The fourth-order valence-electron chi connectivity index (χ4n) is 1.89. The van der Waals surface area contributed by atoms with Crippen molar-refractivity contribution in [3.8, 4) is 11.5 Å². The number of benzene rings is 1. The Hall–Kier alpha value is -2.35. The molecule has 0 aliphatic carbocycles. The van der Waals surface area contributed by atoms with Crippen LogP contribution in [0.2, 0.25) is 0 Å². The number of halogens is 1. The lowest BCUT2D eigenvalue weighted by molar-refractivity contribution is -0.320. The van der Waals surface area contributed by atoms with E-state index in [0.29, 0.717) is 5.23 Å². The first-order chi connectivity index (χ1) is 9.00. The molecule has 1 fully saturated rings. The van der Waals surface area contributed by atoms with Crippen molar-refractivity contribution >= 4 is 17.5 Å². The molecule has 7 nitrogen and oxygen atoms in total. The number of nitrogens with two attached hydrogens (primary N) is 1. The van der Waals surface area contributed by atoms with Crippen LogP contribution in [0.25, 0.3) is 0 Å². The second kappa shape index (κ2) is 3.82. The van der Waals surface area contributed by atoms with E-state index < -0.39 is 17.6 Å². The van der Waals surface area contributed by atoms with Crippen molar-refractivity contribution in [2.75, 3.05) is 5.73 Å². The average Bonchev–Trinajstić information content (AvgIpc) is 2.80. The van der Waals surface area contributed by atoms with Gasteiger partial charge in [-0.05, 0) is 12.1 Å². The van der Waals surface area contributed by atoms with Crippen LogP contribution in [0, 0.1) is 0 Å². The maximum absolute atomic E-state index is 14.6. The summed E-state index contributed by atoms with van der Waals surface area (Å²) in [5.41, 5.74) is 5.91. The molecule has 1 aromatic carbocycles. The molecule has 1 atom stereocenters. The zero-order valence-electron chi connectivity index (χ0n) is 9.68. The van der Waals surface area contributed by atoms with Gasteiger partial charge in [0.1, 0.15) is 0 Å². The van der Waals surface area contributed by atoms with Gasteiger partial charge in [-0.2, -0.15) is 0 Å². The van der Waals surface area contributed by atoms with Crippen LogP contribution in [0.1, 0.15) is 12.8 Å². The molecule has 8 heteroatoms. The standard InChI is InChI=1S/C11H10FN3O4/c12-11(5-4-8(16)14-10(11)17)15-18-7-3-1-2-6(13)9(7)19-15/h1-3H,4-5,13H2,(H,14,16,17). The van der Waals surface area contributed by atoms with Crippen LogP contribution >= 0.6 is 0 Å². The fraction of sp³-hybridized carbons (Fsp3) is 0.273. The van der Waals surface area contributed by atoms with E-state index in [-0.39, 0.29) is 30.0 Å². The third kappa shape index (κ3) is 1.68. The molecule has 2 amide bonds. The van der Waals surface area contributed by atoms with Crippen LogP contribution in [0.3, 0.4) is 0 Å². The van der Waals surface area contributed by atoms with Crippen LogP contribution in [0.15, 0.2) is 18.2 Å². The predicted octanol–water partition coefficient (Wildman–Crippen LogP) is 0.274. The molecule has 0 saturated carbocycles. The highest BCUT2D eigenvalue weighted by Gasteiger charge is 2.54. The summed E-state index contributed by atoms with van der Waals surface area (Å²) in [7, 11) is 0. The van der Waals surface area contributed by atoms with Gasteiger partial charge in [0.25, 0.3) is 5.91 Å². The molecular weight excluding hydrogens is 257 g/mol. The van der Waals surface area contributed by atoms with E-state index in [0.717, 1.165) is 0 Å². The number of hydrogen-bond donors (Lipinski definition) is 2. The van der Waals surface area contributed by atoms with Crippen molar-refractivity contribution < 1.29 is 23.7 Å². The Kier molecular flexibility index (Phi) is 2.36. The number of carbonyl (C=O) groups is 2. The summed E-state index contributed by atoms with van der Waals surface area (Å²) >= 11 is 0. The third-order valence-corrected chi connectivity index (χ3v) is 2.94. The first-order valence-corrected chi connectivity index (χ1v) is 5.58. The molecule has 2 heterocycles. The van der Waals surface area contributed by atoms with Gasteiger partial charge in [-0.25, -0.2) is 4.39 Å². The second-order valence-corrected chi connectivity index (χ2v) is 4.25. The van der Waals surface area contributed by atoms with Gasteiger partial charge in [0.05, 0.1) is 10.9 Å². The third-order valence-electron chi connectivity index (χ3n) is 2.94. The molecule has 0 bridgehead atoms. The predicted molar refractivity (Wildman–Crippen MR) is 60.2 cm³/mol. The molecule has 2 aliphatic rings. The average molecular weight is 267 g/mol. The Bertz CT molecular complexity index is 579. The number of hydrogen-bond acceptors (Lipinski definition) is 6. The van der Waals surface area contributed by atoms with Crippen LogP contribution in [-0.4, -0.2) is 22.8 Å². The second-order valence-electron chi connectivity index (χ2n) is 4.25. The van der Waals surface area contributed by atoms with Gasteiger partial charge in [-0.3, -0.25) is 14.9 Å². The summed E-state index contributed by atoms with van der Waals surface area (Å²) in [6, 6.07) is 4.69. The number of para-hydroxylation sites is 1. The number of nitrogen functional groups attached to an aromatic ring is 1. The molecule has 0 spiro atoms. The van der Waals surface area contributed by atoms with Crippen molar-refractivity contribution in [2.24, 2.45) is 0 Å². The molecule has 2 aliphatic heterocycles. The Morgan fingerprint density at radius 3 is 2.84 bits per heavy atom. The highest BCUT2D eigenvalue weighted by atomic mass is 19.1. The zero-order valence-corrected chi connectivity index (χ0v) is 9.68. The Labute approximate surface area is 107 Å². The molecule has 0 aromatic heterocycles. The minimum Gasteiger partial charge on any atom is -0.396 e. The lowest BCUT2D eigenvalue weighted by atomic mass is 10.0. The largest absolute Gasteiger partial charge is 0.396 e. The highest BCUT2D eigenvalue weighted by Crippen LogP contribution is 2.43. The molecule has 1 saturated heterocycles. The lowest BCUT2D eigenvalue weighted by Gasteiger charge is -2.31. The summed E-state index contributed by atoms with van der Waals surface area (Å²) < 4.78 is 14.6. The van der Waals surface area contributed by atoms with Crippen LogP contribution in [0.5, 0.6) is 11.5 Å². The molecular formula is C11H10FN3O4. The van der Waals surface area contributed by atoms with Gasteiger partial charge in [-0.15, -0.1) is 0 Å². The molecule has 0 radical (unpaired) electrons. The maximum atomic E-state index is 14.6. The van der Waals surface area contributed by atoms with E-state index in [1.807, 2.05) is 5.32 Å². The molecule has 100 valence electrons. The number of carbonyl (C=O) groups excluding carboxylic acids is 2. The van der Waals surface area contributed by atoms with Gasteiger partial charge in [0, 0.05) is 12.8 Å². The number of nitrogens with one attached hydrogen (secondary N) is 1. The Morgan fingerprint density at radius 2 is 2.16 bits per heavy atom. The highest BCUT2D eigenvalue weighted by molar-refractivity contribution is 6.01. The minimum atomic E-state index is -2.57. The van der Waals surface area contributed by atoms with E-state index in [4.69, 9.17) is 15.4 Å². The number of rotatable bonds is 1. The normalized spacial score (nSPS) is 26.4. The molecule has 3 rings (SSSR count). The monoisotopic (exact) mass is 267 g/mol. The van der Waals surface area contributed by atoms with Gasteiger partial charge in [0.2, 0.25) is 11.7 Å². The first kappa shape index (κ1) is 11.7. The van der Waals surface area contributed by atoms with Gasteiger partial charge >= 0.3 is 5.79 Å². The minimum absolute atomic E-state index is 0.142. The molecule has 1 aromatic rings. The quantitative estimate of drug-likeness (QED) is 0.431. The smallest absolute Gasteiger partial charge is 0.311 e. The van der Waals surface area contributed by atoms with Crippen LogP contribution in [0.4, 0.5) is 10.1 Å². The van der Waals surface area contributed by atoms with Gasteiger partial charge in [0.15, 0.2) is 5.75 Å². The van der Waals surface area contributed by atoms with Crippen LogP contribution < -0.4 is 20.7 Å². The van der Waals surface area contributed by atoms with Crippen molar-refractivity contribution in [3.63, 3.8) is 0 Å². The zero-order chi connectivity index (χ0) is 13.6. The molecule has 19 heavy (non-hydrogen) atoms. The Balaban J connectivity index is 1.88. The fourth-order valence-corrected chi connectivity index (χ4v) is 1.89. The Morgan fingerprint density at radius 1 is 1.37 bits per heavy atom. The van der Waals surface area contributed by atoms with E-state index >= 15 is 0 Å². The SMILES string of the molecule is Nc1cccc2c1ON(C1(F)CCC(=O)NC1=O)O2. The van der Waals surface area contributed by atoms with E-state index in [9.17, 15) is 14.0 Å². The summed E-state index contributed by atoms with van der Waals surface area (Å²) in [5, 5.41) is 2.34. The number of alkyl halides is 1. The van der Waals surface area contributed by atoms with Crippen molar-refractivity contribution in [1.29, 1.82) is 0 Å². The summed E-state index contributed by atoms with van der Waals surface area (Å²) in [4.78, 5) is 32.9. The van der Waals surface area contributed by atoms with Crippen LogP contribution in [-0.2, 0) is 9.59 Å². The number of nitrogens with zero attached hydrogens (tertiary/aromatic N) is 1. The van der Waals surface area contributed by atoms with E-state index in [1.54, 1.807) is 12.1 Å².